The molecule has 0 radical (unpaired) electrons. The van der Waals surface area contributed by atoms with Crippen LogP contribution in [-0.4, -0.2) is 21.9 Å². The quantitative estimate of drug-likeness (QED) is 0.822. The minimum absolute atomic E-state index is 0.0270. The first kappa shape index (κ1) is 12.4. The molecule has 0 fully saturated rings. The number of hydrogen-bond acceptors (Lipinski definition) is 3. The molecule has 1 aromatic heterocycles. The summed E-state index contributed by atoms with van der Waals surface area (Å²) < 4.78 is 5.56. The number of aromatic nitrogens is 2. The number of nitrogens with one attached hydrogen (secondary N) is 1. The van der Waals surface area contributed by atoms with Gasteiger partial charge in [-0.15, -0.1) is 0 Å². The predicted molar refractivity (Wildman–Crippen MR) is 68.8 cm³/mol. The standard InChI is InChI=1S/C14H16N2O2/c1-10(2)18-12-5-3-4-11(8-12)13(17)9-14-15-6-7-16-14/h3-8,10H,9H2,1-2H3,(H,15,16). The van der Waals surface area contributed by atoms with E-state index in [1.54, 1.807) is 24.5 Å². The smallest absolute Gasteiger partial charge is 0.170 e. The first-order chi connectivity index (χ1) is 8.65. The van der Waals surface area contributed by atoms with E-state index in [4.69, 9.17) is 4.74 Å². The molecule has 18 heavy (non-hydrogen) atoms. The third kappa shape index (κ3) is 3.20. The zero-order valence-electron chi connectivity index (χ0n) is 10.5. The van der Waals surface area contributed by atoms with Gasteiger partial charge in [-0.25, -0.2) is 4.98 Å². The normalized spacial score (nSPS) is 10.6. The van der Waals surface area contributed by atoms with Gasteiger partial charge in [0.15, 0.2) is 5.78 Å². The summed E-state index contributed by atoms with van der Waals surface area (Å²) in [5.74, 6) is 1.42. The summed E-state index contributed by atoms with van der Waals surface area (Å²) in [5, 5.41) is 0. The molecule has 4 heteroatoms. The second-order valence-electron chi connectivity index (χ2n) is 4.33. The van der Waals surface area contributed by atoms with Crippen molar-refractivity contribution in [3.05, 3.63) is 48.0 Å². The Morgan fingerprint density at radius 2 is 2.28 bits per heavy atom. The first-order valence-corrected chi connectivity index (χ1v) is 5.93. The van der Waals surface area contributed by atoms with Crippen LogP contribution in [0.15, 0.2) is 36.7 Å². The number of ketones is 1. The van der Waals surface area contributed by atoms with Crippen LogP contribution in [0.4, 0.5) is 0 Å². The van der Waals surface area contributed by atoms with Gasteiger partial charge in [0.2, 0.25) is 0 Å². The molecular formula is C14H16N2O2. The predicted octanol–water partition coefficient (Wildman–Crippen LogP) is 2.62. The number of carbonyl (C=O) groups excluding carboxylic acids is 1. The molecule has 2 rings (SSSR count). The summed E-state index contributed by atoms with van der Waals surface area (Å²) in [5.41, 5.74) is 0.643. The van der Waals surface area contributed by atoms with E-state index in [0.717, 1.165) is 5.75 Å². The van der Waals surface area contributed by atoms with E-state index in [2.05, 4.69) is 9.97 Å². The van der Waals surface area contributed by atoms with Crippen LogP contribution < -0.4 is 4.74 Å². The van der Waals surface area contributed by atoms with Gasteiger partial charge in [-0.05, 0) is 26.0 Å². The second kappa shape index (κ2) is 5.49. The zero-order chi connectivity index (χ0) is 13.0. The number of ether oxygens (including phenoxy) is 1. The molecule has 0 spiro atoms. The van der Waals surface area contributed by atoms with Gasteiger partial charge in [-0.1, -0.05) is 12.1 Å². The Morgan fingerprint density at radius 1 is 1.44 bits per heavy atom. The Balaban J connectivity index is 2.10. The fourth-order valence-corrected chi connectivity index (χ4v) is 1.66. The summed E-state index contributed by atoms with van der Waals surface area (Å²) in [4.78, 5) is 19.0. The number of aromatic amines is 1. The van der Waals surface area contributed by atoms with Crippen molar-refractivity contribution in [2.45, 2.75) is 26.4 Å². The Bertz CT molecular complexity index is 518. The first-order valence-electron chi connectivity index (χ1n) is 5.93. The molecule has 0 aliphatic rings. The molecule has 1 heterocycles. The maximum absolute atomic E-state index is 12.0. The van der Waals surface area contributed by atoms with Crippen LogP contribution >= 0.6 is 0 Å². The van der Waals surface area contributed by atoms with Crippen molar-refractivity contribution in [2.24, 2.45) is 0 Å². The van der Waals surface area contributed by atoms with Crippen molar-refractivity contribution in [2.75, 3.05) is 0 Å². The molecule has 0 atom stereocenters. The summed E-state index contributed by atoms with van der Waals surface area (Å²) in [6, 6.07) is 7.24. The molecule has 0 unspecified atom stereocenters. The number of rotatable bonds is 5. The van der Waals surface area contributed by atoms with Gasteiger partial charge in [0, 0.05) is 18.0 Å². The van der Waals surface area contributed by atoms with Gasteiger partial charge in [-0.3, -0.25) is 4.79 Å². The van der Waals surface area contributed by atoms with Crippen molar-refractivity contribution >= 4 is 5.78 Å². The van der Waals surface area contributed by atoms with E-state index in [-0.39, 0.29) is 18.3 Å². The van der Waals surface area contributed by atoms with Crippen LogP contribution in [0.2, 0.25) is 0 Å². The minimum atomic E-state index is 0.0270. The molecule has 0 aliphatic carbocycles. The third-order valence-corrected chi connectivity index (χ3v) is 2.41. The highest BCUT2D eigenvalue weighted by atomic mass is 16.5. The average molecular weight is 244 g/mol. The highest BCUT2D eigenvalue weighted by molar-refractivity contribution is 5.97. The maximum atomic E-state index is 12.0. The number of carbonyl (C=O) groups is 1. The van der Waals surface area contributed by atoms with Gasteiger partial charge >= 0.3 is 0 Å². The average Bonchev–Trinajstić information content (AvgIpc) is 2.81. The maximum Gasteiger partial charge on any atom is 0.170 e. The molecule has 94 valence electrons. The van der Waals surface area contributed by atoms with Gasteiger partial charge in [-0.2, -0.15) is 0 Å². The molecule has 0 saturated carbocycles. The summed E-state index contributed by atoms with van der Waals surface area (Å²) >= 11 is 0. The molecular weight excluding hydrogens is 228 g/mol. The molecule has 0 amide bonds. The Hall–Kier alpha value is -2.10. The van der Waals surface area contributed by atoms with E-state index in [9.17, 15) is 4.79 Å². The Kier molecular flexibility index (Phi) is 3.77. The van der Waals surface area contributed by atoms with Crippen molar-refractivity contribution in [3.63, 3.8) is 0 Å². The van der Waals surface area contributed by atoms with E-state index in [1.165, 1.54) is 0 Å². The van der Waals surface area contributed by atoms with Gasteiger partial charge < -0.3 is 9.72 Å². The fraction of sp³-hybridized carbons (Fsp3) is 0.286. The van der Waals surface area contributed by atoms with Crippen LogP contribution in [0.1, 0.15) is 30.0 Å². The van der Waals surface area contributed by atoms with E-state index in [0.29, 0.717) is 11.4 Å². The third-order valence-electron chi connectivity index (χ3n) is 2.41. The number of benzene rings is 1. The van der Waals surface area contributed by atoms with Gasteiger partial charge in [0.05, 0.1) is 12.5 Å². The second-order valence-corrected chi connectivity index (χ2v) is 4.33. The van der Waals surface area contributed by atoms with Crippen molar-refractivity contribution in [1.82, 2.24) is 9.97 Å². The lowest BCUT2D eigenvalue weighted by Gasteiger charge is -2.10. The minimum Gasteiger partial charge on any atom is -0.491 e. The van der Waals surface area contributed by atoms with Gasteiger partial charge in [0.1, 0.15) is 11.6 Å². The monoisotopic (exact) mass is 244 g/mol. The number of imidazole rings is 1. The van der Waals surface area contributed by atoms with E-state index in [1.807, 2.05) is 26.0 Å². The van der Waals surface area contributed by atoms with Crippen LogP contribution in [0, 0.1) is 0 Å². The molecule has 1 aromatic carbocycles. The fourth-order valence-electron chi connectivity index (χ4n) is 1.66. The SMILES string of the molecule is CC(C)Oc1cccc(C(=O)Cc2ncc[nH]2)c1. The summed E-state index contributed by atoms with van der Waals surface area (Å²) in [6.07, 6.45) is 3.72. The van der Waals surface area contributed by atoms with Gasteiger partial charge in [0.25, 0.3) is 0 Å². The summed E-state index contributed by atoms with van der Waals surface area (Å²) in [7, 11) is 0. The van der Waals surface area contributed by atoms with E-state index >= 15 is 0 Å². The van der Waals surface area contributed by atoms with Crippen molar-refractivity contribution in [3.8, 4) is 5.75 Å². The molecule has 1 N–H and O–H groups in total. The molecule has 2 aromatic rings. The van der Waals surface area contributed by atoms with Crippen LogP contribution in [0.5, 0.6) is 5.75 Å². The van der Waals surface area contributed by atoms with Crippen LogP contribution in [-0.2, 0) is 6.42 Å². The lowest BCUT2D eigenvalue weighted by Crippen LogP contribution is -2.08. The van der Waals surface area contributed by atoms with Crippen LogP contribution in [0.3, 0.4) is 0 Å². The summed E-state index contributed by atoms with van der Waals surface area (Å²) in [6.45, 7) is 3.91. The Labute approximate surface area is 106 Å². The topological polar surface area (TPSA) is 55.0 Å². The lowest BCUT2D eigenvalue weighted by molar-refractivity contribution is 0.0990. The number of hydrogen-bond donors (Lipinski definition) is 1. The van der Waals surface area contributed by atoms with Crippen LogP contribution in [0.25, 0.3) is 0 Å². The number of H-pyrrole nitrogens is 1. The Morgan fingerprint density at radius 3 is 2.94 bits per heavy atom. The largest absolute Gasteiger partial charge is 0.491 e. The highest BCUT2D eigenvalue weighted by Crippen LogP contribution is 2.16. The molecule has 0 saturated heterocycles. The molecule has 4 nitrogen and oxygen atoms in total. The number of nitrogens with zero attached hydrogens (tertiary/aromatic N) is 1. The van der Waals surface area contributed by atoms with Crippen molar-refractivity contribution in [1.29, 1.82) is 0 Å². The van der Waals surface area contributed by atoms with Crippen molar-refractivity contribution < 1.29 is 9.53 Å². The number of Topliss-reactive ketones (excluding diaryl/α,β-unsaturated/α-hetero) is 1. The lowest BCUT2D eigenvalue weighted by atomic mass is 10.1. The highest BCUT2D eigenvalue weighted by Gasteiger charge is 2.09. The zero-order valence-corrected chi connectivity index (χ0v) is 10.5. The molecule has 0 aliphatic heterocycles. The molecule has 0 bridgehead atoms. The van der Waals surface area contributed by atoms with E-state index < -0.39 is 0 Å².